The summed E-state index contributed by atoms with van der Waals surface area (Å²) in [7, 11) is 0. The molecule has 0 fully saturated rings. The van der Waals surface area contributed by atoms with Crippen LogP contribution in [0, 0.1) is 5.92 Å². The number of nitrogens with one attached hydrogen (secondary N) is 1. The summed E-state index contributed by atoms with van der Waals surface area (Å²) in [6.07, 6.45) is 1.02. The lowest BCUT2D eigenvalue weighted by Gasteiger charge is -2.24. The van der Waals surface area contributed by atoms with Gasteiger partial charge in [-0.3, -0.25) is 9.36 Å². The van der Waals surface area contributed by atoms with E-state index in [9.17, 15) is 9.59 Å². The molecule has 30 heavy (non-hydrogen) atoms. The highest BCUT2D eigenvalue weighted by atomic mass is 16.5. The molecule has 1 amide bonds. The second kappa shape index (κ2) is 8.65. The standard InChI is InChI=1S/C23H26N2O5/c1-15(2)22(16-8-9-19-20(14-16)29-13-5-12-28-19)24-21(26)10-11-25-17-6-3-4-7-18(17)30-23(25)27/h3-4,6-9,14-15,22H,5,10-13H2,1-2H3,(H,24,26)/t22-/m1/s1. The summed E-state index contributed by atoms with van der Waals surface area (Å²) in [5.41, 5.74) is 2.18. The lowest BCUT2D eigenvalue weighted by atomic mass is 9.95. The maximum atomic E-state index is 12.7. The van der Waals surface area contributed by atoms with Crippen LogP contribution in [-0.4, -0.2) is 23.7 Å². The average molecular weight is 410 g/mol. The van der Waals surface area contributed by atoms with Crippen LogP contribution in [0.25, 0.3) is 11.1 Å². The fraction of sp³-hybridized carbons (Fsp3) is 0.391. The summed E-state index contributed by atoms with van der Waals surface area (Å²) in [6, 6.07) is 12.8. The number of aryl methyl sites for hydroxylation is 1. The lowest BCUT2D eigenvalue weighted by Crippen LogP contribution is -2.32. The molecular weight excluding hydrogens is 384 g/mol. The molecule has 0 unspecified atom stereocenters. The molecule has 0 saturated heterocycles. The largest absolute Gasteiger partial charge is 0.490 e. The lowest BCUT2D eigenvalue weighted by molar-refractivity contribution is -0.122. The SMILES string of the molecule is CC(C)[C@@H](NC(=O)CCn1c(=O)oc2ccccc21)c1ccc2c(c1)OCCCO2. The van der Waals surface area contributed by atoms with Crippen LogP contribution in [0.15, 0.2) is 51.7 Å². The number of oxazole rings is 1. The number of fused-ring (bicyclic) bond motifs is 2. The Morgan fingerprint density at radius 2 is 1.87 bits per heavy atom. The average Bonchev–Trinajstić information content (AvgIpc) is 2.88. The molecule has 3 aromatic rings. The molecule has 1 aliphatic rings. The molecule has 0 spiro atoms. The van der Waals surface area contributed by atoms with Crippen molar-refractivity contribution < 1.29 is 18.7 Å². The topological polar surface area (TPSA) is 82.7 Å². The van der Waals surface area contributed by atoms with Crippen LogP contribution >= 0.6 is 0 Å². The smallest absolute Gasteiger partial charge is 0.419 e. The Morgan fingerprint density at radius 3 is 2.67 bits per heavy atom. The Morgan fingerprint density at radius 1 is 1.10 bits per heavy atom. The van der Waals surface area contributed by atoms with E-state index < -0.39 is 5.76 Å². The van der Waals surface area contributed by atoms with E-state index in [4.69, 9.17) is 13.9 Å². The molecule has 1 aromatic heterocycles. The van der Waals surface area contributed by atoms with Crippen molar-refractivity contribution >= 4 is 17.0 Å². The summed E-state index contributed by atoms with van der Waals surface area (Å²) < 4.78 is 18.2. The molecular formula is C23H26N2O5. The van der Waals surface area contributed by atoms with Gasteiger partial charge in [0.1, 0.15) is 0 Å². The van der Waals surface area contributed by atoms with Crippen LogP contribution in [0.2, 0.25) is 0 Å². The molecule has 2 heterocycles. The van der Waals surface area contributed by atoms with Gasteiger partial charge in [0, 0.05) is 19.4 Å². The predicted molar refractivity (Wildman–Crippen MR) is 113 cm³/mol. The number of aromatic nitrogens is 1. The monoisotopic (exact) mass is 410 g/mol. The normalized spacial score (nSPS) is 14.5. The Bertz CT molecular complexity index is 1100. The molecule has 7 heteroatoms. The first-order valence-electron chi connectivity index (χ1n) is 10.3. The van der Waals surface area contributed by atoms with Gasteiger partial charge in [-0.1, -0.05) is 32.0 Å². The van der Waals surface area contributed by atoms with E-state index in [0.29, 0.717) is 30.1 Å². The van der Waals surface area contributed by atoms with Crippen molar-refractivity contribution in [3.63, 3.8) is 0 Å². The number of para-hydroxylation sites is 2. The molecule has 0 bridgehead atoms. The van der Waals surface area contributed by atoms with E-state index in [-0.39, 0.29) is 30.8 Å². The van der Waals surface area contributed by atoms with Crippen molar-refractivity contribution in [1.82, 2.24) is 9.88 Å². The second-order valence-electron chi connectivity index (χ2n) is 7.78. The van der Waals surface area contributed by atoms with E-state index in [2.05, 4.69) is 19.2 Å². The summed E-state index contributed by atoms with van der Waals surface area (Å²) >= 11 is 0. The number of carbonyl (C=O) groups is 1. The van der Waals surface area contributed by atoms with Crippen LogP contribution in [0.4, 0.5) is 0 Å². The summed E-state index contributed by atoms with van der Waals surface area (Å²) in [6.45, 7) is 5.62. The first kappa shape index (κ1) is 20.1. The van der Waals surface area contributed by atoms with E-state index in [1.54, 1.807) is 6.07 Å². The van der Waals surface area contributed by atoms with Crippen molar-refractivity contribution in [3.05, 3.63) is 58.6 Å². The van der Waals surface area contributed by atoms with Gasteiger partial charge in [-0.25, -0.2) is 4.79 Å². The number of hydrogen-bond acceptors (Lipinski definition) is 5. The Hall–Kier alpha value is -3.22. The van der Waals surface area contributed by atoms with E-state index in [1.165, 1.54) is 4.57 Å². The first-order chi connectivity index (χ1) is 14.5. The Balaban J connectivity index is 1.47. The molecule has 4 rings (SSSR count). The summed E-state index contributed by atoms with van der Waals surface area (Å²) in [5, 5.41) is 3.10. The number of rotatable bonds is 6. The van der Waals surface area contributed by atoms with Gasteiger partial charge in [-0.2, -0.15) is 0 Å². The first-order valence-corrected chi connectivity index (χ1v) is 10.3. The highest BCUT2D eigenvalue weighted by molar-refractivity contribution is 5.77. The van der Waals surface area contributed by atoms with Gasteiger partial charge in [-0.05, 0) is 35.7 Å². The van der Waals surface area contributed by atoms with Crippen molar-refractivity contribution in [1.29, 1.82) is 0 Å². The minimum absolute atomic E-state index is 0.127. The highest BCUT2D eigenvalue weighted by Gasteiger charge is 2.21. The summed E-state index contributed by atoms with van der Waals surface area (Å²) in [4.78, 5) is 24.8. The third-order valence-corrected chi connectivity index (χ3v) is 5.25. The van der Waals surface area contributed by atoms with Crippen LogP contribution in [0.5, 0.6) is 11.5 Å². The number of ether oxygens (including phenoxy) is 2. The predicted octanol–water partition coefficient (Wildman–Crippen LogP) is 3.66. The van der Waals surface area contributed by atoms with Crippen LogP contribution in [0.3, 0.4) is 0 Å². The number of carbonyl (C=O) groups excluding carboxylic acids is 1. The van der Waals surface area contributed by atoms with Gasteiger partial charge in [0.2, 0.25) is 5.91 Å². The summed E-state index contributed by atoms with van der Waals surface area (Å²) in [5.74, 6) is 1.04. The number of hydrogen-bond donors (Lipinski definition) is 1. The molecule has 7 nitrogen and oxygen atoms in total. The minimum atomic E-state index is -0.452. The van der Waals surface area contributed by atoms with Gasteiger partial charge >= 0.3 is 5.76 Å². The van der Waals surface area contributed by atoms with Gasteiger partial charge in [0.05, 0.1) is 24.8 Å². The molecule has 1 atom stereocenters. The molecule has 0 radical (unpaired) electrons. The third-order valence-electron chi connectivity index (χ3n) is 5.25. The fourth-order valence-corrected chi connectivity index (χ4v) is 3.69. The van der Waals surface area contributed by atoms with Crippen molar-refractivity contribution in [3.8, 4) is 11.5 Å². The van der Waals surface area contributed by atoms with Crippen LogP contribution in [-0.2, 0) is 11.3 Å². The van der Waals surface area contributed by atoms with Crippen molar-refractivity contribution in [2.45, 2.75) is 39.3 Å². The molecule has 1 aliphatic heterocycles. The van der Waals surface area contributed by atoms with E-state index in [1.807, 2.05) is 36.4 Å². The zero-order valence-corrected chi connectivity index (χ0v) is 17.2. The zero-order valence-electron chi connectivity index (χ0n) is 17.2. The number of benzene rings is 2. The van der Waals surface area contributed by atoms with Gasteiger partial charge < -0.3 is 19.2 Å². The maximum absolute atomic E-state index is 12.7. The highest BCUT2D eigenvalue weighted by Crippen LogP contribution is 2.34. The van der Waals surface area contributed by atoms with E-state index >= 15 is 0 Å². The minimum Gasteiger partial charge on any atom is -0.490 e. The Labute approximate surface area is 174 Å². The van der Waals surface area contributed by atoms with Gasteiger partial charge in [0.25, 0.3) is 0 Å². The van der Waals surface area contributed by atoms with Crippen LogP contribution in [0.1, 0.15) is 38.3 Å². The molecule has 158 valence electrons. The fourth-order valence-electron chi connectivity index (χ4n) is 3.69. The molecule has 2 aromatic carbocycles. The third kappa shape index (κ3) is 4.20. The quantitative estimate of drug-likeness (QED) is 0.671. The maximum Gasteiger partial charge on any atom is 0.419 e. The number of amides is 1. The van der Waals surface area contributed by atoms with Gasteiger partial charge in [-0.15, -0.1) is 0 Å². The molecule has 0 aliphatic carbocycles. The van der Waals surface area contributed by atoms with Crippen molar-refractivity contribution in [2.75, 3.05) is 13.2 Å². The number of nitrogens with zero attached hydrogens (tertiary/aromatic N) is 1. The van der Waals surface area contributed by atoms with Crippen molar-refractivity contribution in [2.24, 2.45) is 5.92 Å². The molecule has 1 N–H and O–H groups in total. The van der Waals surface area contributed by atoms with Gasteiger partial charge in [0.15, 0.2) is 17.1 Å². The Kier molecular flexibility index (Phi) is 5.79. The second-order valence-corrected chi connectivity index (χ2v) is 7.78. The van der Waals surface area contributed by atoms with Crippen LogP contribution < -0.4 is 20.5 Å². The zero-order chi connectivity index (χ0) is 21.1. The van der Waals surface area contributed by atoms with E-state index in [0.717, 1.165) is 17.7 Å². The molecule has 0 saturated carbocycles.